The molecule has 0 unspecified atom stereocenters. The maximum absolute atomic E-state index is 12.4. The van der Waals surface area contributed by atoms with E-state index in [0.29, 0.717) is 26.1 Å². The molecular weight excluding hydrogens is 316 g/mol. The number of nitrogens with zero attached hydrogens (tertiary/aromatic N) is 4. The molecule has 6 heteroatoms. The summed E-state index contributed by atoms with van der Waals surface area (Å²) in [5.41, 5.74) is 1.24. The van der Waals surface area contributed by atoms with Crippen molar-refractivity contribution in [2.45, 2.75) is 19.4 Å². The molecular formula is C19H24N4O2. The van der Waals surface area contributed by atoms with Crippen molar-refractivity contribution >= 4 is 11.8 Å². The average molecular weight is 340 g/mol. The first-order valence-electron chi connectivity index (χ1n) is 8.65. The molecule has 6 nitrogen and oxygen atoms in total. The van der Waals surface area contributed by atoms with Gasteiger partial charge in [0.1, 0.15) is 0 Å². The molecule has 1 atom stereocenters. The fourth-order valence-electron chi connectivity index (χ4n) is 3.18. The second kappa shape index (κ2) is 7.96. The van der Waals surface area contributed by atoms with Gasteiger partial charge >= 0.3 is 0 Å². The van der Waals surface area contributed by atoms with Crippen molar-refractivity contribution in [3.05, 3.63) is 54.4 Å². The summed E-state index contributed by atoms with van der Waals surface area (Å²) in [5, 5.41) is 4.13. The van der Waals surface area contributed by atoms with Crippen molar-refractivity contribution in [2.24, 2.45) is 5.92 Å². The molecule has 0 spiro atoms. The minimum absolute atomic E-state index is 0.0270. The molecule has 1 aromatic heterocycles. The Hall–Kier alpha value is -2.63. The summed E-state index contributed by atoms with van der Waals surface area (Å²) in [7, 11) is 1.77. The Bertz CT molecular complexity index is 699. The number of likely N-dealkylation sites (tertiary alicyclic amines) is 1. The van der Waals surface area contributed by atoms with Gasteiger partial charge in [-0.05, 0) is 24.0 Å². The summed E-state index contributed by atoms with van der Waals surface area (Å²) in [6, 6.07) is 12.1. The van der Waals surface area contributed by atoms with E-state index in [1.54, 1.807) is 27.7 Å². The minimum atomic E-state index is -0.0270. The van der Waals surface area contributed by atoms with E-state index in [1.165, 1.54) is 5.56 Å². The van der Waals surface area contributed by atoms with Gasteiger partial charge in [0.05, 0.1) is 13.1 Å². The van der Waals surface area contributed by atoms with E-state index < -0.39 is 0 Å². The molecule has 1 fully saturated rings. The largest absolute Gasteiger partial charge is 0.342 e. The smallest absolute Gasteiger partial charge is 0.241 e. The van der Waals surface area contributed by atoms with Crippen molar-refractivity contribution in [1.29, 1.82) is 0 Å². The van der Waals surface area contributed by atoms with Crippen molar-refractivity contribution in [3.63, 3.8) is 0 Å². The highest BCUT2D eigenvalue weighted by atomic mass is 16.2. The number of hydrogen-bond donors (Lipinski definition) is 0. The molecule has 0 bridgehead atoms. The van der Waals surface area contributed by atoms with Crippen molar-refractivity contribution in [2.75, 3.05) is 26.7 Å². The van der Waals surface area contributed by atoms with Crippen LogP contribution in [0, 0.1) is 5.92 Å². The number of hydrogen-bond acceptors (Lipinski definition) is 3. The van der Waals surface area contributed by atoms with Crippen molar-refractivity contribution in [1.82, 2.24) is 19.6 Å². The van der Waals surface area contributed by atoms with Crippen LogP contribution in [-0.2, 0) is 22.6 Å². The van der Waals surface area contributed by atoms with Crippen molar-refractivity contribution < 1.29 is 9.59 Å². The predicted molar refractivity (Wildman–Crippen MR) is 94.7 cm³/mol. The summed E-state index contributed by atoms with van der Waals surface area (Å²) < 4.78 is 1.79. The second-order valence-electron chi connectivity index (χ2n) is 6.62. The quantitative estimate of drug-likeness (QED) is 0.766. The molecule has 3 rings (SSSR count). The topological polar surface area (TPSA) is 58.4 Å². The summed E-state index contributed by atoms with van der Waals surface area (Å²) in [6.07, 6.45) is 5.00. The van der Waals surface area contributed by atoms with Gasteiger partial charge in [-0.3, -0.25) is 14.3 Å². The maximum atomic E-state index is 12.4. The van der Waals surface area contributed by atoms with Gasteiger partial charge in [0.15, 0.2) is 0 Å². The van der Waals surface area contributed by atoms with Crippen LogP contribution in [0.15, 0.2) is 48.8 Å². The fraction of sp³-hybridized carbons (Fsp3) is 0.421. The molecule has 1 saturated heterocycles. The average Bonchev–Trinajstić information content (AvgIpc) is 3.24. The molecule has 25 heavy (non-hydrogen) atoms. The third-order valence-corrected chi connectivity index (χ3v) is 4.64. The zero-order valence-corrected chi connectivity index (χ0v) is 14.5. The highest BCUT2D eigenvalue weighted by Crippen LogP contribution is 2.21. The Balaban J connectivity index is 1.47. The van der Waals surface area contributed by atoms with Gasteiger partial charge in [0, 0.05) is 39.0 Å². The molecule has 0 radical (unpaired) electrons. The molecule has 0 saturated carbocycles. The van der Waals surface area contributed by atoms with Gasteiger partial charge in [0.2, 0.25) is 11.8 Å². The van der Waals surface area contributed by atoms with Gasteiger partial charge < -0.3 is 9.80 Å². The van der Waals surface area contributed by atoms with E-state index in [1.807, 2.05) is 30.5 Å². The van der Waals surface area contributed by atoms with Crippen LogP contribution in [0.2, 0.25) is 0 Å². The number of likely N-dealkylation sites (N-methyl/N-ethyl adjacent to an activating group) is 1. The number of carbonyl (C=O) groups excluding carboxylic acids is 2. The number of carbonyl (C=O) groups is 2. The highest BCUT2D eigenvalue weighted by molar-refractivity contribution is 5.86. The van der Waals surface area contributed by atoms with E-state index in [-0.39, 0.29) is 24.3 Å². The lowest BCUT2D eigenvalue weighted by Crippen LogP contribution is -2.40. The summed E-state index contributed by atoms with van der Waals surface area (Å²) >= 11 is 0. The predicted octanol–water partition coefficient (Wildman–Crippen LogP) is 1.43. The van der Waals surface area contributed by atoms with Gasteiger partial charge in [-0.2, -0.15) is 5.10 Å². The van der Waals surface area contributed by atoms with Crippen LogP contribution >= 0.6 is 0 Å². The third-order valence-electron chi connectivity index (χ3n) is 4.64. The van der Waals surface area contributed by atoms with Crippen LogP contribution in [-0.4, -0.2) is 58.1 Å². The number of amides is 2. The first-order valence-corrected chi connectivity index (χ1v) is 8.65. The van der Waals surface area contributed by atoms with E-state index >= 15 is 0 Å². The third kappa shape index (κ3) is 4.68. The van der Waals surface area contributed by atoms with E-state index in [2.05, 4.69) is 17.2 Å². The molecule has 0 N–H and O–H groups in total. The Kier molecular flexibility index (Phi) is 5.48. The molecule has 2 aromatic rings. The second-order valence-corrected chi connectivity index (χ2v) is 6.62. The van der Waals surface area contributed by atoms with Gasteiger partial charge in [-0.25, -0.2) is 0 Å². The molecule has 1 aromatic carbocycles. The van der Waals surface area contributed by atoms with Crippen LogP contribution in [0.25, 0.3) is 0 Å². The molecule has 0 aliphatic carbocycles. The standard InChI is InChI=1S/C19H24N4O2/c1-21(10-11-23-9-5-8-20-23)19(25)15-22-14-17(13-18(22)24)12-16-6-3-2-4-7-16/h2-9,17H,10-15H2,1H3/t17-/m1/s1. The lowest BCUT2D eigenvalue weighted by Gasteiger charge is -2.22. The Morgan fingerprint density at radius 2 is 2.08 bits per heavy atom. The van der Waals surface area contributed by atoms with Crippen LogP contribution < -0.4 is 0 Å². The Labute approximate surface area is 148 Å². The molecule has 1 aliphatic heterocycles. The molecule has 1 aliphatic rings. The Morgan fingerprint density at radius 3 is 2.80 bits per heavy atom. The van der Waals surface area contributed by atoms with Gasteiger partial charge in [0.25, 0.3) is 0 Å². The Morgan fingerprint density at radius 1 is 1.28 bits per heavy atom. The SMILES string of the molecule is CN(CCn1cccn1)C(=O)CN1C[C@H](Cc2ccccc2)CC1=O. The first-order chi connectivity index (χ1) is 12.1. The monoisotopic (exact) mass is 340 g/mol. The number of rotatable bonds is 7. The van der Waals surface area contributed by atoms with Gasteiger partial charge in [-0.15, -0.1) is 0 Å². The first kappa shape index (κ1) is 17.2. The van der Waals surface area contributed by atoms with E-state index in [9.17, 15) is 9.59 Å². The highest BCUT2D eigenvalue weighted by Gasteiger charge is 2.31. The zero-order valence-electron chi connectivity index (χ0n) is 14.5. The fourth-order valence-corrected chi connectivity index (χ4v) is 3.18. The van der Waals surface area contributed by atoms with Gasteiger partial charge in [-0.1, -0.05) is 30.3 Å². The lowest BCUT2D eigenvalue weighted by molar-refractivity contribution is -0.137. The maximum Gasteiger partial charge on any atom is 0.241 e. The zero-order chi connectivity index (χ0) is 17.6. The van der Waals surface area contributed by atoms with E-state index in [0.717, 1.165) is 6.42 Å². The van der Waals surface area contributed by atoms with Crippen LogP contribution in [0.1, 0.15) is 12.0 Å². The van der Waals surface area contributed by atoms with Crippen LogP contribution in [0.3, 0.4) is 0 Å². The summed E-state index contributed by atoms with van der Waals surface area (Å²) in [4.78, 5) is 28.0. The normalized spacial score (nSPS) is 17.1. The van der Waals surface area contributed by atoms with Crippen LogP contribution in [0.5, 0.6) is 0 Å². The summed E-state index contributed by atoms with van der Waals surface area (Å²) in [5.74, 6) is 0.340. The summed E-state index contributed by atoms with van der Waals surface area (Å²) in [6.45, 7) is 2.06. The lowest BCUT2D eigenvalue weighted by atomic mass is 9.99. The molecule has 2 amide bonds. The number of aromatic nitrogens is 2. The van der Waals surface area contributed by atoms with E-state index in [4.69, 9.17) is 0 Å². The number of benzene rings is 1. The van der Waals surface area contributed by atoms with Crippen LogP contribution in [0.4, 0.5) is 0 Å². The van der Waals surface area contributed by atoms with Crippen molar-refractivity contribution in [3.8, 4) is 0 Å². The minimum Gasteiger partial charge on any atom is -0.342 e. The molecule has 132 valence electrons. The molecule has 2 heterocycles.